The lowest BCUT2D eigenvalue weighted by atomic mass is 10.1. The van der Waals surface area contributed by atoms with Crippen LogP contribution in [0.2, 0.25) is 0 Å². The number of thiazole rings is 1. The van der Waals surface area contributed by atoms with E-state index in [0.29, 0.717) is 41.3 Å². The number of aromatic nitrogens is 2. The fraction of sp³-hybridized carbons (Fsp3) is 0.238. The summed E-state index contributed by atoms with van der Waals surface area (Å²) in [5, 5.41) is 1.93. The van der Waals surface area contributed by atoms with Crippen LogP contribution < -0.4 is 5.56 Å². The number of carbonyl (C=O) groups excluding carboxylic acids is 1. The van der Waals surface area contributed by atoms with Crippen molar-refractivity contribution in [2.75, 3.05) is 13.1 Å². The summed E-state index contributed by atoms with van der Waals surface area (Å²) in [5.74, 6) is -0.622. The Balaban J connectivity index is 1.44. The van der Waals surface area contributed by atoms with Gasteiger partial charge in [0.25, 0.3) is 5.56 Å². The molecule has 0 N–H and O–H groups in total. The number of hydrogen-bond donors (Lipinski definition) is 0. The maximum Gasteiger partial charge on any atom is 0.262 e. The number of nitrogens with zero attached hydrogens (tertiary/aromatic N) is 4. The molecule has 29 heavy (non-hydrogen) atoms. The molecule has 4 rings (SSSR count). The molecule has 0 radical (unpaired) electrons. The first-order valence-corrected chi connectivity index (χ1v) is 10.1. The number of Topliss-reactive ketones (excluding diaryl/α,β-unsaturated/α-hetero) is 1. The normalized spacial score (nSPS) is 13.8. The predicted molar refractivity (Wildman–Crippen MR) is 111 cm³/mol. The zero-order valence-corrected chi connectivity index (χ0v) is 16.9. The minimum Gasteiger partial charge on any atom is -0.358 e. The SMILES string of the molecule is Cc1nc2scc(C)n2c(=O)c1CCN1C=NC(C(=O)c2ccc(F)cc2)=CC1. The van der Waals surface area contributed by atoms with Gasteiger partial charge in [-0.3, -0.25) is 14.0 Å². The molecule has 1 aromatic carbocycles. The van der Waals surface area contributed by atoms with E-state index < -0.39 is 0 Å². The van der Waals surface area contributed by atoms with Crippen molar-refractivity contribution in [1.82, 2.24) is 14.3 Å². The lowest BCUT2D eigenvalue weighted by Gasteiger charge is -2.21. The zero-order chi connectivity index (χ0) is 20.5. The molecule has 6 nitrogen and oxygen atoms in total. The number of hydrogen-bond acceptors (Lipinski definition) is 6. The average Bonchev–Trinajstić information content (AvgIpc) is 3.09. The van der Waals surface area contributed by atoms with E-state index in [0.717, 1.165) is 11.4 Å². The van der Waals surface area contributed by atoms with Gasteiger partial charge in [-0.2, -0.15) is 0 Å². The number of benzene rings is 1. The zero-order valence-electron chi connectivity index (χ0n) is 16.1. The van der Waals surface area contributed by atoms with Crippen molar-refractivity contribution in [2.24, 2.45) is 4.99 Å². The maximum absolute atomic E-state index is 13.0. The summed E-state index contributed by atoms with van der Waals surface area (Å²) in [6.07, 6.45) is 3.90. The highest BCUT2D eigenvalue weighted by Gasteiger charge is 2.17. The van der Waals surface area contributed by atoms with E-state index in [9.17, 15) is 14.0 Å². The number of carbonyl (C=O) groups is 1. The number of fused-ring (bicyclic) bond motifs is 1. The first kappa shape index (κ1) is 19.2. The van der Waals surface area contributed by atoms with Gasteiger partial charge in [-0.15, -0.1) is 11.3 Å². The van der Waals surface area contributed by atoms with Gasteiger partial charge in [0.2, 0.25) is 5.78 Å². The van der Waals surface area contributed by atoms with E-state index in [1.54, 1.807) is 16.8 Å². The van der Waals surface area contributed by atoms with Gasteiger partial charge >= 0.3 is 0 Å². The molecule has 2 aromatic heterocycles. The Morgan fingerprint density at radius 3 is 2.69 bits per heavy atom. The lowest BCUT2D eigenvalue weighted by molar-refractivity contribution is 0.103. The summed E-state index contributed by atoms with van der Waals surface area (Å²) in [6.45, 7) is 4.85. The molecule has 0 spiro atoms. The molecule has 148 valence electrons. The van der Waals surface area contributed by atoms with E-state index in [4.69, 9.17) is 0 Å². The Morgan fingerprint density at radius 2 is 2.00 bits per heavy atom. The van der Waals surface area contributed by atoms with E-state index in [1.165, 1.54) is 35.6 Å². The van der Waals surface area contributed by atoms with Crippen LogP contribution in [0.4, 0.5) is 4.39 Å². The summed E-state index contributed by atoms with van der Waals surface area (Å²) in [4.78, 5) is 36.7. The van der Waals surface area contributed by atoms with Gasteiger partial charge in [0.1, 0.15) is 11.5 Å². The van der Waals surface area contributed by atoms with Crippen LogP contribution in [0.3, 0.4) is 0 Å². The molecule has 0 unspecified atom stereocenters. The van der Waals surface area contributed by atoms with Gasteiger partial charge < -0.3 is 4.90 Å². The third-order valence-electron chi connectivity index (χ3n) is 4.91. The number of allylic oxidation sites excluding steroid dienone is 1. The third-order valence-corrected chi connectivity index (χ3v) is 5.85. The van der Waals surface area contributed by atoms with Gasteiger partial charge in [-0.05, 0) is 50.6 Å². The molecule has 8 heteroatoms. The summed E-state index contributed by atoms with van der Waals surface area (Å²) < 4.78 is 14.7. The van der Waals surface area contributed by atoms with Crippen molar-refractivity contribution in [3.05, 3.63) is 80.1 Å². The smallest absolute Gasteiger partial charge is 0.262 e. The van der Waals surface area contributed by atoms with E-state index in [-0.39, 0.29) is 17.2 Å². The van der Waals surface area contributed by atoms with Crippen molar-refractivity contribution in [3.8, 4) is 0 Å². The van der Waals surface area contributed by atoms with Crippen LogP contribution in [0.25, 0.3) is 4.96 Å². The van der Waals surface area contributed by atoms with Crippen LogP contribution in [-0.2, 0) is 6.42 Å². The second-order valence-electron chi connectivity index (χ2n) is 6.89. The van der Waals surface area contributed by atoms with E-state index >= 15 is 0 Å². The van der Waals surface area contributed by atoms with Crippen molar-refractivity contribution >= 4 is 28.4 Å². The molecular weight excluding hydrogens is 391 g/mol. The van der Waals surface area contributed by atoms with Gasteiger partial charge in [0.05, 0.1) is 6.34 Å². The topological polar surface area (TPSA) is 67.0 Å². The molecule has 1 aliphatic rings. The summed E-state index contributed by atoms with van der Waals surface area (Å²) in [6, 6.07) is 5.42. The molecule has 1 aliphatic heterocycles. The molecule has 0 saturated carbocycles. The molecule has 0 fully saturated rings. The fourth-order valence-electron chi connectivity index (χ4n) is 3.26. The van der Waals surface area contributed by atoms with Gasteiger partial charge in [-0.25, -0.2) is 14.4 Å². The largest absolute Gasteiger partial charge is 0.358 e. The highest BCUT2D eigenvalue weighted by molar-refractivity contribution is 7.15. The minimum atomic E-state index is -0.384. The van der Waals surface area contributed by atoms with Gasteiger partial charge in [0.15, 0.2) is 4.96 Å². The average molecular weight is 410 g/mol. The molecule has 3 aromatic rings. The fourth-order valence-corrected chi connectivity index (χ4v) is 4.16. The maximum atomic E-state index is 13.0. The molecule has 0 saturated heterocycles. The lowest BCUT2D eigenvalue weighted by Crippen LogP contribution is -2.31. The van der Waals surface area contributed by atoms with Gasteiger partial charge in [-0.1, -0.05) is 0 Å². The van der Waals surface area contributed by atoms with E-state index in [2.05, 4.69) is 9.98 Å². The molecule has 0 atom stereocenters. The Hall–Kier alpha value is -3.13. The van der Waals surface area contributed by atoms with Crippen molar-refractivity contribution in [1.29, 1.82) is 0 Å². The van der Waals surface area contributed by atoms with Crippen LogP contribution >= 0.6 is 11.3 Å². The number of rotatable bonds is 5. The highest BCUT2D eigenvalue weighted by atomic mass is 32.1. The number of ketones is 1. The molecule has 0 amide bonds. The molecule has 3 heterocycles. The Kier molecular flexibility index (Phi) is 5.10. The number of aliphatic imine (C=N–C) groups is 1. The van der Waals surface area contributed by atoms with Crippen LogP contribution in [0, 0.1) is 19.7 Å². The Morgan fingerprint density at radius 1 is 1.24 bits per heavy atom. The number of aryl methyl sites for hydroxylation is 2. The monoisotopic (exact) mass is 410 g/mol. The third kappa shape index (κ3) is 3.75. The summed E-state index contributed by atoms with van der Waals surface area (Å²) in [5.41, 5.74) is 3.03. The number of halogens is 1. The molecule has 0 bridgehead atoms. The Bertz CT molecular complexity index is 1210. The first-order chi connectivity index (χ1) is 13.9. The quantitative estimate of drug-likeness (QED) is 0.606. The van der Waals surface area contributed by atoms with Crippen LogP contribution in [-0.4, -0.2) is 39.5 Å². The van der Waals surface area contributed by atoms with Crippen molar-refractivity contribution in [2.45, 2.75) is 20.3 Å². The van der Waals surface area contributed by atoms with Gasteiger partial charge in [0, 0.05) is 41.0 Å². The summed E-state index contributed by atoms with van der Waals surface area (Å²) in [7, 11) is 0. The second kappa shape index (κ2) is 7.71. The van der Waals surface area contributed by atoms with Crippen LogP contribution in [0.15, 0.2) is 51.2 Å². The van der Waals surface area contributed by atoms with Crippen LogP contribution in [0.1, 0.15) is 27.3 Å². The standard InChI is InChI=1S/C21H19FN4O2S/c1-13-11-29-21-24-14(2)17(20(28)26(13)21)7-9-25-10-8-18(23-12-25)19(27)15-3-5-16(22)6-4-15/h3-6,8,11-12H,7,9-10H2,1-2H3. The van der Waals surface area contributed by atoms with Crippen molar-refractivity contribution < 1.29 is 9.18 Å². The van der Waals surface area contributed by atoms with Crippen molar-refractivity contribution in [3.63, 3.8) is 0 Å². The Labute approximate surface area is 170 Å². The molecule has 0 aliphatic carbocycles. The van der Waals surface area contributed by atoms with E-state index in [1.807, 2.05) is 24.1 Å². The highest BCUT2D eigenvalue weighted by Crippen LogP contribution is 2.15. The second-order valence-corrected chi connectivity index (χ2v) is 7.73. The minimum absolute atomic E-state index is 0.0251. The van der Waals surface area contributed by atoms with Crippen LogP contribution in [0.5, 0.6) is 0 Å². The first-order valence-electron chi connectivity index (χ1n) is 9.19. The summed E-state index contributed by atoms with van der Waals surface area (Å²) >= 11 is 1.46. The predicted octanol–water partition coefficient (Wildman–Crippen LogP) is 3.17. The molecular formula is C21H19FN4O2S.